The van der Waals surface area contributed by atoms with Gasteiger partial charge in [-0.2, -0.15) is 0 Å². The lowest BCUT2D eigenvalue weighted by Crippen LogP contribution is -2.26. The van der Waals surface area contributed by atoms with Crippen molar-refractivity contribution in [1.29, 1.82) is 0 Å². The van der Waals surface area contributed by atoms with Crippen LogP contribution in [0.3, 0.4) is 0 Å². The Balaban J connectivity index is 1.64. The summed E-state index contributed by atoms with van der Waals surface area (Å²) < 4.78 is 5.61. The SMILES string of the molecule is CCC/C=C/[C@H]1CC[C@H](C2CCC(COCC)CC2)CC1. The third-order valence-corrected chi connectivity index (χ3v) is 5.80. The van der Waals surface area contributed by atoms with Crippen molar-refractivity contribution in [3.05, 3.63) is 12.2 Å². The zero-order valence-corrected chi connectivity index (χ0v) is 14.4. The first-order valence-corrected chi connectivity index (χ1v) is 9.57. The van der Waals surface area contributed by atoms with Crippen LogP contribution in [0.25, 0.3) is 0 Å². The Morgan fingerprint density at radius 2 is 1.48 bits per heavy atom. The molecule has 1 nitrogen and oxygen atoms in total. The van der Waals surface area contributed by atoms with Gasteiger partial charge in [0.25, 0.3) is 0 Å². The van der Waals surface area contributed by atoms with Crippen LogP contribution in [-0.4, -0.2) is 13.2 Å². The summed E-state index contributed by atoms with van der Waals surface area (Å²) in [5.74, 6) is 3.81. The molecule has 2 aliphatic rings. The molecule has 0 aromatic heterocycles. The maximum atomic E-state index is 5.61. The molecule has 2 saturated carbocycles. The predicted octanol–water partition coefficient (Wildman–Crippen LogP) is 5.99. The molecule has 0 heterocycles. The molecule has 1 heteroatoms. The number of allylic oxidation sites excluding steroid dienone is 2. The monoisotopic (exact) mass is 292 g/mol. The Morgan fingerprint density at radius 1 is 0.857 bits per heavy atom. The first kappa shape index (κ1) is 17.1. The Morgan fingerprint density at radius 3 is 2.05 bits per heavy atom. The van der Waals surface area contributed by atoms with E-state index < -0.39 is 0 Å². The normalized spacial score (nSPS) is 34.4. The highest BCUT2D eigenvalue weighted by Gasteiger charge is 2.30. The molecule has 0 aliphatic heterocycles. The average molecular weight is 293 g/mol. The van der Waals surface area contributed by atoms with Crippen molar-refractivity contribution in [3.63, 3.8) is 0 Å². The molecule has 0 unspecified atom stereocenters. The van der Waals surface area contributed by atoms with Crippen molar-refractivity contribution in [1.82, 2.24) is 0 Å². The van der Waals surface area contributed by atoms with Crippen LogP contribution < -0.4 is 0 Å². The van der Waals surface area contributed by atoms with Gasteiger partial charge in [0.2, 0.25) is 0 Å². The van der Waals surface area contributed by atoms with Crippen molar-refractivity contribution in [2.75, 3.05) is 13.2 Å². The van der Waals surface area contributed by atoms with E-state index in [-0.39, 0.29) is 0 Å². The zero-order valence-electron chi connectivity index (χ0n) is 14.4. The van der Waals surface area contributed by atoms with Crippen LogP contribution in [0.4, 0.5) is 0 Å². The minimum atomic E-state index is 0.856. The molecule has 2 rings (SSSR count). The summed E-state index contributed by atoms with van der Waals surface area (Å²) in [6.45, 7) is 6.27. The highest BCUT2D eigenvalue weighted by atomic mass is 16.5. The van der Waals surface area contributed by atoms with Crippen LogP contribution >= 0.6 is 0 Å². The van der Waals surface area contributed by atoms with Crippen LogP contribution in [0.5, 0.6) is 0 Å². The van der Waals surface area contributed by atoms with Gasteiger partial charge in [0, 0.05) is 13.2 Å². The van der Waals surface area contributed by atoms with E-state index in [1.54, 1.807) is 0 Å². The molecule has 0 radical (unpaired) electrons. The Bertz CT molecular complexity index is 280. The van der Waals surface area contributed by atoms with Crippen molar-refractivity contribution < 1.29 is 4.74 Å². The minimum Gasteiger partial charge on any atom is -0.381 e. The van der Waals surface area contributed by atoms with Gasteiger partial charge < -0.3 is 4.74 Å². The summed E-state index contributed by atoms with van der Waals surface area (Å²) in [6.07, 6.45) is 19.1. The topological polar surface area (TPSA) is 9.23 Å². The van der Waals surface area contributed by atoms with Crippen molar-refractivity contribution in [3.8, 4) is 0 Å². The van der Waals surface area contributed by atoms with Gasteiger partial charge in [0.15, 0.2) is 0 Å². The molecule has 0 bridgehead atoms. The maximum Gasteiger partial charge on any atom is 0.0494 e. The van der Waals surface area contributed by atoms with E-state index >= 15 is 0 Å². The van der Waals surface area contributed by atoms with Gasteiger partial charge in [-0.3, -0.25) is 0 Å². The fourth-order valence-corrected chi connectivity index (χ4v) is 4.37. The quantitative estimate of drug-likeness (QED) is 0.523. The van der Waals surface area contributed by atoms with E-state index in [9.17, 15) is 0 Å². The zero-order chi connectivity index (χ0) is 14.9. The van der Waals surface area contributed by atoms with E-state index in [0.29, 0.717) is 0 Å². The molecule has 0 atom stereocenters. The smallest absolute Gasteiger partial charge is 0.0494 e. The van der Waals surface area contributed by atoms with E-state index in [4.69, 9.17) is 4.74 Å². The Hall–Kier alpha value is -0.300. The van der Waals surface area contributed by atoms with Crippen molar-refractivity contribution >= 4 is 0 Å². The van der Waals surface area contributed by atoms with E-state index in [0.717, 1.165) is 36.9 Å². The van der Waals surface area contributed by atoms with Gasteiger partial charge in [0.1, 0.15) is 0 Å². The largest absolute Gasteiger partial charge is 0.381 e. The number of rotatable bonds is 7. The lowest BCUT2D eigenvalue weighted by atomic mass is 9.69. The van der Waals surface area contributed by atoms with E-state index in [1.165, 1.54) is 64.2 Å². The maximum absolute atomic E-state index is 5.61. The summed E-state index contributed by atoms with van der Waals surface area (Å²) in [5, 5.41) is 0. The Labute approximate surface area is 132 Å². The minimum absolute atomic E-state index is 0.856. The fourth-order valence-electron chi connectivity index (χ4n) is 4.37. The molecular weight excluding hydrogens is 256 g/mol. The van der Waals surface area contributed by atoms with E-state index in [1.807, 2.05) is 0 Å². The third-order valence-electron chi connectivity index (χ3n) is 5.80. The van der Waals surface area contributed by atoms with Gasteiger partial charge in [0.05, 0.1) is 0 Å². The van der Waals surface area contributed by atoms with Gasteiger partial charge in [-0.15, -0.1) is 0 Å². The summed E-state index contributed by atoms with van der Waals surface area (Å²) in [7, 11) is 0. The molecule has 0 aromatic rings. The van der Waals surface area contributed by atoms with Gasteiger partial charge in [-0.25, -0.2) is 0 Å². The highest BCUT2D eigenvalue weighted by molar-refractivity contribution is 4.92. The van der Waals surface area contributed by atoms with Gasteiger partial charge >= 0.3 is 0 Å². The molecule has 0 saturated heterocycles. The molecule has 0 spiro atoms. The Kier molecular flexibility index (Phi) is 7.85. The lowest BCUT2D eigenvalue weighted by molar-refractivity contribution is 0.0727. The first-order valence-electron chi connectivity index (χ1n) is 9.57. The van der Waals surface area contributed by atoms with E-state index in [2.05, 4.69) is 26.0 Å². The molecule has 0 aromatic carbocycles. The first-order chi connectivity index (χ1) is 10.3. The number of hydrogen-bond acceptors (Lipinski definition) is 1. The second kappa shape index (κ2) is 9.66. The van der Waals surface area contributed by atoms with Gasteiger partial charge in [-0.1, -0.05) is 25.5 Å². The average Bonchev–Trinajstić information content (AvgIpc) is 2.54. The molecule has 2 aliphatic carbocycles. The number of ether oxygens (including phenoxy) is 1. The van der Waals surface area contributed by atoms with Crippen LogP contribution in [0.15, 0.2) is 12.2 Å². The summed E-state index contributed by atoms with van der Waals surface area (Å²) in [5.41, 5.74) is 0. The predicted molar refractivity (Wildman–Crippen MR) is 91.4 cm³/mol. The van der Waals surface area contributed by atoms with Crippen LogP contribution in [-0.2, 0) is 4.74 Å². The number of unbranched alkanes of at least 4 members (excludes halogenated alkanes) is 1. The van der Waals surface area contributed by atoms with Crippen molar-refractivity contribution in [2.45, 2.75) is 78.1 Å². The summed E-state index contributed by atoms with van der Waals surface area (Å²) >= 11 is 0. The number of hydrogen-bond donors (Lipinski definition) is 0. The van der Waals surface area contributed by atoms with Crippen LogP contribution in [0.2, 0.25) is 0 Å². The van der Waals surface area contributed by atoms with Crippen LogP contribution in [0, 0.1) is 23.7 Å². The second-order valence-electron chi connectivity index (χ2n) is 7.33. The molecule has 2 fully saturated rings. The standard InChI is InChI=1S/C20H36O/c1-3-5-6-7-17-8-12-19(13-9-17)20-14-10-18(11-15-20)16-21-4-2/h6-7,17-20H,3-5,8-16H2,1-2H3/b7-6+/t17-,18?,19-,20?. The fraction of sp³-hybridized carbons (Fsp3) is 0.900. The molecule has 0 amide bonds. The second-order valence-corrected chi connectivity index (χ2v) is 7.33. The highest BCUT2D eigenvalue weighted by Crippen LogP contribution is 2.41. The summed E-state index contributed by atoms with van der Waals surface area (Å²) in [6, 6.07) is 0. The van der Waals surface area contributed by atoms with Crippen LogP contribution in [0.1, 0.15) is 78.1 Å². The lowest BCUT2D eigenvalue weighted by Gasteiger charge is -2.37. The summed E-state index contributed by atoms with van der Waals surface area (Å²) in [4.78, 5) is 0. The third kappa shape index (κ3) is 5.77. The molecule has 21 heavy (non-hydrogen) atoms. The molecule has 0 N–H and O–H groups in total. The van der Waals surface area contributed by atoms with Crippen molar-refractivity contribution in [2.24, 2.45) is 23.7 Å². The van der Waals surface area contributed by atoms with Gasteiger partial charge in [-0.05, 0) is 88.4 Å². The molecule has 122 valence electrons. The molecular formula is C20H36O.